The molecule has 1 aliphatic carbocycles. The SMILES string of the molecule is CCN(c1cc(-c2ccc(S(C)(=O)=O)cc2)cc(C(C)C(=O)NCc2c(C)cc(C)[nH]c2=O)c1C)C1CCC(N(C)C)CC1. The van der Waals surface area contributed by atoms with E-state index in [1.165, 1.54) is 6.26 Å². The zero-order chi connectivity index (χ0) is 32.3. The van der Waals surface area contributed by atoms with Gasteiger partial charge in [0.2, 0.25) is 5.91 Å². The molecule has 0 bridgehead atoms. The molecule has 238 valence electrons. The minimum atomic E-state index is -3.32. The first-order valence-corrected chi connectivity index (χ1v) is 17.5. The molecule has 0 spiro atoms. The van der Waals surface area contributed by atoms with Crippen LogP contribution < -0.4 is 15.8 Å². The van der Waals surface area contributed by atoms with Crippen molar-refractivity contribution < 1.29 is 13.2 Å². The summed E-state index contributed by atoms with van der Waals surface area (Å²) < 4.78 is 24.2. The summed E-state index contributed by atoms with van der Waals surface area (Å²) in [5.74, 6) is -0.630. The van der Waals surface area contributed by atoms with Gasteiger partial charge in [-0.05, 0) is 133 Å². The van der Waals surface area contributed by atoms with E-state index in [1.807, 2.05) is 39.0 Å². The lowest BCUT2D eigenvalue weighted by Crippen LogP contribution is -2.42. The number of sulfone groups is 1. The molecule has 3 aromatic rings. The second-order valence-electron chi connectivity index (χ2n) is 12.6. The van der Waals surface area contributed by atoms with E-state index >= 15 is 0 Å². The van der Waals surface area contributed by atoms with Gasteiger partial charge in [0.15, 0.2) is 9.84 Å². The Bertz CT molecular complexity index is 1650. The predicted octanol–water partition coefficient (Wildman–Crippen LogP) is 5.49. The molecule has 8 nitrogen and oxygen atoms in total. The average Bonchev–Trinajstić information content (AvgIpc) is 2.97. The summed E-state index contributed by atoms with van der Waals surface area (Å²) in [7, 11) is 0.987. The number of rotatable bonds is 10. The van der Waals surface area contributed by atoms with E-state index in [1.54, 1.807) is 12.1 Å². The van der Waals surface area contributed by atoms with Crippen LogP contribution in [-0.2, 0) is 21.2 Å². The second kappa shape index (κ2) is 13.7. The van der Waals surface area contributed by atoms with Crippen LogP contribution in [0.3, 0.4) is 0 Å². The van der Waals surface area contributed by atoms with Crippen LogP contribution in [0.1, 0.15) is 73.4 Å². The molecule has 1 saturated carbocycles. The minimum Gasteiger partial charge on any atom is -0.369 e. The molecule has 0 aliphatic heterocycles. The zero-order valence-electron chi connectivity index (χ0n) is 27.5. The fourth-order valence-electron chi connectivity index (χ4n) is 6.61. The van der Waals surface area contributed by atoms with Crippen LogP contribution in [0, 0.1) is 20.8 Å². The fraction of sp³-hybridized carbons (Fsp3) is 0.486. The molecule has 1 amide bonds. The molecule has 1 atom stereocenters. The van der Waals surface area contributed by atoms with Crippen molar-refractivity contribution in [1.29, 1.82) is 0 Å². The Hall–Kier alpha value is -3.43. The van der Waals surface area contributed by atoms with E-state index in [9.17, 15) is 18.0 Å². The largest absolute Gasteiger partial charge is 0.369 e. The van der Waals surface area contributed by atoms with Crippen molar-refractivity contribution >= 4 is 21.4 Å². The van der Waals surface area contributed by atoms with Gasteiger partial charge in [-0.3, -0.25) is 9.59 Å². The monoisotopic (exact) mass is 620 g/mol. The third kappa shape index (κ3) is 7.44. The van der Waals surface area contributed by atoms with E-state index in [0.29, 0.717) is 17.6 Å². The summed E-state index contributed by atoms with van der Waals surface area (Å²) in [6.07, 6.45) is 5.69. The number of nitrogens with one attached hydrogen (secondary N) is 2. The van der Waals surface area contributed by atoms with Crippen LogP contribution in [0.2, 0.25) is 0 Å². The number of carbonyl (C=O) groups excluding carboxylic acids is 1. The Labute approximate surface area is 262 Å². The van der Waals surface area contributed by atoms with Crippen LogP contribution in [0.15, 0.2) is 52.2 Å². The quantitative estimate of drug-likeness (QED) is 0.311. The van der Waals surface area contributed by atoms with E-state index in [2.05, 4.69) is 60.2 Å². The summed E-state index contributed by atoms with van der Waals surface area (Å²) in [5.41, 5.74) is 6.91. The van der Waals surface area contributed by atoms with E-state index in [-0.39, 0.29) is 22.9 Å². The van der Waals surface area contributed by atoms with Crippen molar-refractivity contribution in [2.75, 3.05) is 31.8 Å². The fourth-order valence-corrected chi connectivity index (χ4v) is 7.24. The molecule has 0 radical (unpaired) electrons. The van der Waals surface area contributed by atoms with Gasteiger partial charge in [0.25, 0.3) is 5.56 Å². The van der Waals surface area contributed by atoms with Gasteiger partial charge in [0.05, 0.1) is 10.8 Å². The summed E-state index contributed by atoms with van der Waals surface area (Å²) in [6.45, 7) is 10.9. The van der Waals surface area contributed by atoms with Gasteiger partial charge in [-0.2, -0.15) is 0 Å². The van der Waals surface area contributed by atoms with Crippen molar-refractivity contribution in [1.82, 2.24) is 15.2 Å². The number of hydrogen-bond acceptors (Lipinski definition) is 6. The van der Waals surface area contributed by atoms with Crippen LogP contribution in [0.4, 0.5) is 5.69 Å². The van der Waals surface area contributed by atoms with Gasteiger partial charge < -0.3 is 20.1 Å². The van der Waals surface area contributed by atoms with Gasteiger partial charge in [-0.1, -0.05) is 12.1 Å². The molecule has 1 unspecified atom stereocenters. The summed E-state index contributed by atoms with van der Waals surface area (Å²) in [5, 5.41) is 3.01. The van der Waals surface area contributed by atoms with E-state index in [4.69, 9.17) is 0 Å². The second-order valence-corrected chi connectivity index (χ2v) is 14.6. The number of nitrogens with zero attached hydrogens (tertiary/aromatic N) is 2. The van der Waals surface area contributed by atoms with Crippen molar-refractivity contribution in [3.05, 3.63) is 80.8 Å². The first-order valence-electron chi connectivity index (χ1n) is 15.6. The lowest BCUT2D eigenvalue weighted by atomic mass is 9.87. The number of carbonyl (C=O) groups is 1. The van der Waals surface area contributed by atoms with Gasteiger partial charge in [-0.15, -0.1) is 0 Å². The highest BCUT2D eigenvalue weighted by molar-refractivity contribution is 7.90. The summed E-state index contributed by atoms with van der Waals surface area (Å²) in [6, 6.07) is 14.1. The first-order chi connectivity index (χ1) is 20.7. The lowest BCUT2D eigenvalue weighted by molar-refractivity contribution is -0.122. The maximum absolute atomic E-state index is 13.6. The molecule has 2 N–H and O–H groups in total. The number of aryl methyl sites for hydroxylation is 2. The van der Waals surface area contributed by atoms with Crippen LogP contribution in [0.25, 0.3) is 11.1 Å². The lowest BCUT2D eigenvalue weighted by Gasteiger charge is -2.40. The molecule has 1 fully saturated rings. The van der Waals surface area contributed by atoms with Crippen molar-refractivity contribution in [3.63, 3.8) is 0 Å². The Balaban J connectivity index is 1.72. The highest BCUT2D eigenvalue weighted by Gasteiger charge is 2.29. The van der Waals surface area contributed by atoms with Gasteiger partial charge in [-0.25, -0.2) is 8.42 Å². The molecule has 4 rings (SSSR count). The zero-order valence-corrected chi connectivity index (χ0v) is 28.3. The Kier molecular flexibility index (Phi) is 10.4. The molecular formula is C35H48N4O4S. The highest BCUT2D eigenvalue weighted by Crippen LogP contribution is 2.38. The normalized spacial score (nSPS) is 17.8. The van der Waals surface area contributed by atoms with Crippen LogP contribution in [0.5, 0.6) is 0 Å². The smallest absolute Gasteiger partial charge is 0.253 e. The topological polar surface area (TPSA) is 103 Å². The number of amides is 1. The summed E-state index contributed by atoms with van der Waals surface area (Å²) >= 11 is 0. The van der Waals surface area contributed by atoms with Gasteiger partial charge in [0.1, 0.15) is 0 Å². The molecule has 2 aromatic carbocycles. The van der Waals surface area contributed by atoms with Crippen molar-refractivity contribution in [3.8, 4) is 11.1 Å². The molecule has 1 aliphatic rings. The minimum absolute atomic E-state index is 0.152. The molecular weight excluding hydrogens is 572 g/mol. The van der Waals surface area contributed by atoms with Crippen molar-refractivity contribution in [2.24, 2.45) is 0 Å². The van der Waals surface area contributed by atoms with Crippen LogP contribution in [-0.4, -0.2) is 63.2 Å². The van der Waals surface area contributed by atoms with E-state index in [0.717, 1.165) is 71.4 Å². The van der Waals surface area contributed by atoms with E-state index < -0.39 is 15.8 Å². The molecule has 1 aromatic heterocycles. The van der Waals surface area contributed by atoms with Crippen molar-refractivity contribution in [2.45, 2.75) is 89.7 Å². The number of H-pyrrole nitrogens is 1. The maximum Gasteiger partial charge on any atom is 0.253 e. The standard InChI is InChI=1S/C35H48N4O4S/c1-9-39(29-14-12-28(13-15-29)38(6)7)33-20-27(26-10-16-30(17-11-26)44(8,42)43)19-31(24(33)4)25(5)34(40)36-21-32-22(2)18-23(3)37-35(32)41/h10-11,16-20,25,28-29H,9,12-15,21H2,1-8H3,(H,36,40)(H,37,41). The number of aromatic amines is 1. The Morgan fingerprint density at radius 1 is 0.977 bits per heavy atom. The maximum atomic E-state index is 13.6. The number of pyridine rings is 1. The average molecular weight is 621 g/mol. The van der Waals surface area contributed by atoms with Crippen LogP contribution >= 0.6 is 0 Å². The van der Waals surface area contributed by atoms with Gasteiger partial charge in [0, 0.05) is 48.4 Å². The predicted molar refractivity (Wildman–Crippen MR) is 179 cm³/mol. The Morgan fingerprint density at radius 3 is 2.14 bits per heavy atom. The molecule has 44 heavy (non-hydrogen) atoms. The number of hydrogen-bond donors (Lipinski definition) is 2. The summed E-state index contributed by atoms with van der Waals surface area (Å²) in [4.78, 5) is 34.1. The molecule has 0 saturated heterocycles. The third-order valence-corrected chi connectivity index (χ3v) is 10.4. The third-order valence-electron chi connectivity index (χ3n) is 9.32. The highest BCUT2D eigenvalue weighted by atomic mass is 32.2. The number of anilines is 1. The molecule has 1 heterocycles. The number of benzene rings is 2. The van der Waals surface area contributed by atoms with Gasteiger partial charge >= 0.3 is 0 Å². The molecule has 9 heteroatoms. The number of aromatic nitrogens is 1. The first kappa shape index (κ1) is 33.5. The Morgan fingerprint density at radius 2 is 1.59 bits per heavy atom.